The number of aliphatic hydroxyl groups is 1. The molecular weight excluding hydrogens is 384 g/mol. The number of hydrogen-bond acceptors (Lipinski definition) is 2. The Morgan fingerprint density at radius 2 is 1.78 bits per heavy atom. The minimum Gasteiger partial charge on any atom is -0.392 e. The topological polar surface area (TPSA) is 32.3 Å². The molecule has 0 fully saturated rings. The molecule has 0 bridgehead atoms. The van der Waals surface area contributed by atoms with E-state index in [1.165, 1.54) is 0 Å². The molecule has 2 aromatic rings. The molecule has 0 aliphatic heterocycles. The Balaban J connectivity index is 2.40. The summed E-state index contributed by atoms with van der Waals surface area (Å²) < 4.78 is 1.06. The Kier molecular flexibility index (Phi) is 4.72. The lowest BCUT2D eigenvalue weighted by Gasteiger charge is -2.13. The zero-order valence-corrected chi connectivity index (χ0v) is 12.9. The van der Waals surface area contributed by atoms with Crippen LogP contribution in [0.25, 0.3) is 0 Å². The summed E-state index contributed by atoms with van der Waals surface area (Å²) in [5.74, 6) is 0. The molecule has 2 rings (SSSR count). The van der Waals surface area contributed by atoms with Gasteiger partial charge in [0, 0.05) is 14.8 Å². The number of anilines is 2. The van der Waals surface area contributed by atoms with Crippen molar-refractivity contribution in [3.05, 3.63) is 55.6 Å². The summed E-state index contributed by atoms with van der Waals surface area (Å²) in [5.41, 5.74) is 2.25. The number of halogens is 3. The molecule has 18 heavy (non-hydrogen) atoms. The van der Waals surface area contributed by atoms with Crippen molar-refractivity contribution in [3.8, 4) is 0 Å². The Bertz CT molecular complexity index is 555. The quantitative estimate of drug-likeness (QED) is 0.731. The third kappa shape index (κ3) is 3.09. The fourth-order valence-corrected chi connectivity index (χ4v) is 2.61. The number of aliphatic hydroxyl groups excluding tert-OH is 1. The summed E-state index contributed by atoms with van der Waals surface area (Å²) in [7, 11) is 0. The Hall–Kier alpha value is -0.490. The maximum atomic E-state index is 9.35. The highest BCUT2D eigenvalue weighted by Gasteiger charge is 2.08. The fraction of sp³-hybridized carbons (Fsp3) is 0.0769. The van der Waals surface area contributed by atoms with Crippen molar-refractivity contribution in [2.24, 2.45) is 0 Å². The van der Waals surface area contributed by atoms with E-state index in [1.54, 1.807) is 18.2 Å². The predicted molar refractivity (Wildman–Crippen MR) is 84.8 cm³/mol. The molecule has 2 aromatic carbocycles. The Morgan fingerprint density at radius 3 is 2.39 bits per heavy atom. The molecule has 5 heteroatoms. The SMILES string of the molecule is OCc1cc(I)ccc1Nc1c(Cl)cccc1Cl. The summed E-state index contributed by atoms with van der Waals surface area (Å²) >= 11 is 14.4. The van der Waals surface area contributed by atoms with Crippen LogP contribution in [0.1, 0.15) is 5.56 Å². The third-order valence-corrected chi connectivity index (χ3v) is 3.76. The molecule has 0 heterocycles. The maximum absolute atomic E-state index is 9.35. The van der Waals surface area contributed by atoms with Gasteiger partial charge >= 0.3 is 0 Å². The van der Waals surface area contributed by atoms with Gasteiger partial charge in [-0.1, -0.05) is 29.3 Å². The second-order valence-electron chi connectivity index (χ2n) is 3.68. The highest BCUT2D eigenvalue weighted by molar-refractivity contribution is 14.1. The average molecular weight is 394 g/mol. The van der Waals surface area contributed by atoms with Crippen LogP contribution in [0.15, 0.2) is 36.4 Å². The second-order valence-corrected chi connectivity index (χ2v) is 5.74. The van der Waals surface area contributed by atoms with Crippen LogP contribution in [0.2, 0.25) is 10.0 Å². The normalized spacial score (nSPS) is 10.4. The van der Waals surface area contributed by atoms with Gasteiger partial charge in [0.1, 0.15) is 0 Å². The minimum absolute atomic E-state index is 0.0404. The summed E-state index contributed by atoms with van der Waals surface area (Å²) in [6.45, 7) is -0.0404. The van der Waals surface area contributed by atoms with Gasteiger partial charge in [0.2, 0.25) is 0 Å². The van der Waals surface area contributed by atoms with Gasteiger partial charge in [0.05, 0.1) is 22.3 Å². The van der Waals surface area contributed by atoms with Gasteiger partial charge in [-0.15, -0.1) is 0 Å². The highest BCUT2D eigenvalue weighted by atomic mass is 127. The molecule has 0 saturated heterocycles. The van der Waals surface area contributed by atoms with Crippen molar-refractivity contribution in [2.75, 3.05) is 5.32 Å². The van der Waals surface area contributed by atoms with Crippen molar-refractivity contribution in [2.45, 2.75) is 6.61 Å². The van der Waals surface area contributed by atoms with E-state index in [1.807, 2.05) is 18.2 Å². The molecule has 2 nitrogen and oxygen atoms in total. The minimum atomic E-state index is -0.0404. The van der Waals surface area contributed by atoms with Gasteiger partial charge in [-0.05, 0) is 52.9 Å². The summed E-state index contributed by atoms with van der Waals surface area (Å²) in [6.07, 6.45) is 0. The van der Waals surface area contributed by atoms with E-state index in [0.29, 0.717) is 15.7 Å². The number of para-hydroxylation sites is 1. The van der Waals surface area contributed by atoms with Crippen LogP contribution in [0.5, 0.6) is 0 Å². The molecule has 0 aliphatic rings. The van der Waals surface area contributed by atoms with Crippen molar-refractivity contribution in [1.82, 2.24) is 0 Å². The molecule has 0 aromatic heterocycles. The average Bonchev–Trinajstić information content (AvgIpc) is 2.35. The van der Waals surface area contributed by atoms with E-state index < -0.39 is 0 Å². The van der Waals surface area contributed by atoms with E-state index >= 15 is 0 Å². The van der Waals surface area contributed by atoms with Crippen LogP contribution in [-0.4, -0.2) is 5.11 Å². The first-order chi connectivity index (χ1) is 8.61. The molecule has 0 radical (unpaired) electrons. The molecule has 0 aliphatic carbocycles. The van der Waals surface area contributed by atoms with Gasteiger partial charge in [0.25, 0.3) is 0 Å². The molecule has 0 unspecified atom stereocenters. The molecule has 0 spiro atoms. The lowest BCUT2D eigenvalue weighted by Crippen LogP contribution is -1.98. The Labute approximate surface area is 129 Å². The van der Waals surface area contributed by atoms with Crippen LogP contribution in [0.4, 0.5) is 11.4 Å². The van der Waals surface area contributed by atoms with E-state index in [0.717, 1.165) is 14.8 Å². The first-order valence-electron chi connectivity index (χ1n) is 5.22. The second kappa shape index (κ2) is 6.10. The van der Waals surface area contributed by atoms with Crippen molar-refractivity contribution in [3.63, 3.8) is 0 Å². The summed E-state index contributed by atoms with van der Waals surface area (Å²) in [4.78, 5) is 0. The first-order valence-corrected chi connectivity index (χ1v) is 7.05. The van der Waals surface area contributed by atoms with Gasteiger partial charge in [-0.3, -0.25) is 0 Å². The number of nitrogens with one attached hydrogen (secondary N) is 1. The predicted octanol–water partition coefficient (Wildman–Crippen LogP) is 4.83. The van der Waals surface area contributed by atoms with Gasteiger partial charge in [0.15, 0.2) is 0 Å². The van der Waals surface area contributed by atoms with E-state index in [4.69, 9.17) is 23.2 Å². The molecule has 2 N–H and O–H groups in total. The fourth-order valence-electron chi connectivity index (χ4n) is 1.57. The molecular formula is C13H10Cl2INO. The monoisotopic (exact) mass is 393 g/mol. The van der Waals surface area contributed by atoms with Crippen molar-refractivity contribution >= 4 is 57.2 Å². The van der Waals surface area contributed by atoms with Crippen LogP contribution in [0, 0.1) is 3.57 Å². The van der Waals surface area contributed by atoms with Crippen molar-refractivity contribution < 1.29 is 5.11 Å². The number of benzene rings is 2. The first kappa shape index (κ1) is 13.9. The van der Waals surface area contributed by atoms with Crippen LogP contribution >= 0.6 is 45.8 Å². The molecule has 0 amide bonds. The lowest BCUT2D eigenvalue weighted by molar-refractivity contribution is 0.282. The zero-order valence-electron chi connectivity index (χ0n) is 9.25. The van der Waals surface area contributed by atoms with Crippen LogP contribution in [-0.2, 0) is 6.61 Å². The van der Waals surface area contributed by atoms with Gasteiger partial charge < -0.3 is 10.4 Å². The Morgan fingerprint density at radius 1 is 1.11 bits per heavy atom. The smallest absolute Gasteiger partial charge is 0.0763 e. The molecule has 0 saturated carbocycles. The maximum Gasteiger partial charge on any atom is 0.0763 e. The van der Waals surface area contributed by atoms with Gasteiger partial charge in [-0.25, -0.2) is 0 Å². The largest absolute Gasteiger partial charge is 0.392 e. The summed E-state index contributed by atoms with van der Waals surface area (Å²) in [5, 5.41) is 13.6. The van der Waals surface area contributed by atoms with Gasteiger partial charge in [-0.2, -0.15) is 0 Å². The summed E-state index contributed by atoms with van der Waals surface area (Å²) in [6, 6.07) is 11.1. The van der Waals surface area contributed by atoms with Crippen molar-refractivity contribution in [1.29, 1.82) is 0 Å². The molecule has 0 atom stereocenters. The number of rotatable bonds is 3. The van der Waals surface area contributed by atoms with E-state index in [9.17, 15) is 5.11 Å². The lowest BCUT2D eigenvalue weighted by atomic mass is 10.2. The standard InChI is InChI=1S/C13H10Cl2INO/c14-10-2-1-3-11(15)13(10)17-12-5-4-9(16)6-8(12)7-18/h1-6,17-18H,7H2. The highest BCUT2D eigenvalue weighted by Crippen LogP contribution is 2.33. The van der Waals surface area contributed by atoms with E-state index in [-0.39, 0.29) is 6.61 Å². The third-order valence-electron chi connectivity index (χ3n) is 2.46. The van der Waals surface area contributed by atoms with Crippen LogP contribution < -0.4 is 5.32 Å². The van der Waals surface area contributed by atoms with E-state index in [2.05, 4.69) is 27.9 Å². The zero-order chi connectivity index (χ0) is 13.1. The molecule has 94 valence electrons. The van der Waals surface area contributed by atoms with Crippen LogP contribution in [0.3, 0.4) is 0 Å². The number of hydrogen-bond donors (Lipinski definition) is 2.